The maximum Gasteiger partial charge on any atom is 0.433 e. The fourth-order valence-electron chi connectivity index (χ4n) is 2.71. The molecule has 0 amide bonds. The molecule has 0 radical (unpaired) electrons. The van der Waals surface area contributed by atoms with Crippen LogP contribution in [0.1, 0.15) is 18.5 Å². The molecule has 1 aliphatic heterocycles. The molecule has 152 valence electrons. The molecule has 1 aromatic carbocycles. The molecule has 28 heavy (non-hydrogen) atoms. The summed E-state index contributed by atoms with van der Waals surface area (Å²) < 4.78 is 83.5. The number of hydrogen-bond acceptors (Lipinski definition) is 5. The fraction of sp³-hybridized carbons (Fsp3) is 0.375. The van der Waals surface area contributed by atoms with E-state index in [1.807, 2.05) is 0 Å². The monoisotopic (exact) mass is 439 g/mol. The van der Waals surface area contributed by atoms with Gasteiger partial charge in [-0.3, -0.25) is 0 Å². The minimum absolute atomic E-state index is 0.114. The molecule has 0 aliphatic carbocycles. The number of nitrogens with zero attached hydrogens (tertiary/aromatic N) is 3. The summed E-state index contributed by atoms with van der Waals surface area (Å²) in [6.45, 7) is 0.0670. The lowest BCUT2D eigenvalue weighted by Gasteiger charge is -2.31. The Balaban J connectivity index is 1.76. The highest BCUT2D eigenvalue weighted by molar-refractivity contribution is 7.89. The average Bonchev–Trinajstić information content (AvgIpc) is 2.63. The lowest BCUT2D eigenvalue weighted by molar-refractivity contribution is -0.141. The Morgan fingerprint density at radius 1 is 1.25 bits per heavy atom. The molecular formula is C16H14ClF4N3O3S. The van der Waals surface area contributed by atoms with Crippen LogP contribution >= 0.6 is 11.6 Å². The third-order valence-corrected chi connectivity index (χ3v) is 6.22. The second-order valence-corrected chi connectivity index (χ2v) is 8.39. The highest BCUT2D eigenvalue weighted by Gasteiger charge is 2.34. The van der Waals surface area contributed by atoms with Crippen molar-refractivity contribution in [2.75, 3.05) is 13.1 Å². The third kappa shape index (κ3) is 4.53. The van der Waals surface area contributed by atoms with Gasteiger partial charge in [-0.25, -0.2) is 17.8 Å². The zero-order valence-electron chi connectivity index (χ0n) is 14.2. The van der Waals surface area contributed by atoms with Gasteiger partial charge in [-0.15, -0.1) is 0 Å². The lowest BCUT2D eigenvalue weighted by Crippen LogP contribution is -2.44. The topological polar surface area (TPSA) is 72.4 Å². The molecule has 2 heterocycles. The van der Waals surface area contributed by atoms with Crippen molar-refractivity contribution >= 4 is 21.6 Å². The second-order valence-electron chi connectivity index (χ2n) is 6.04. The van der Waals surface area contributed by atoms with Crippen molar-refractivity contribution in [1.82, 2.24) is 14.3 Å². The Labute approximate surface area is 163 Å². The maximum atomic E-state index is 13.3. The molecule has 6 nitrogen and oxygen atoms in total. The molecule has 2 aromatic rings. The molecule has 1 saturated heterocycles. The fourth-order valence-corrected chi connectivity index (χ4v) is 4.49. The normalized spacial score (nSPS) is 18.8. The van der Waals surface area contributed by atoms with Crippen molar-refractivity contribution in [2.45, 2.75) is 30.0 Å². The molecule has 12 heteroatoms. The van der Waals surface area contributed by atoms with Crippen molar-refractivity contribution in [3.8, 4) is 6.01 Å². The quantitative estimate of drug-likeness (QED) is 0.682. The Hall–Kier alpha value is -1.98. The first kappa shape index (κ1) is 20.7. The molecule has 1 aliphatic rings. The van der Waals surface area contributed by atoms with Gasteiger partial charge in [0.25, 0.3) is 0 Å². The van der Waals surface area contributed by atoms with Crippen LogP contribution in [0.5, 0.6) is 6.01 Å². The Bertz CT molecular complexity index is 972. The summed E-state index contributed by atoms with van der Waals surface area (Å²) in [5, 5.41) is -0.330. The van der Waals surface area contributed by atoms with Gasteiger partial charge in [-0.05, 0) is 37.1 Å². The van der Waals surface area contributed by atoms with Crippen LogP contribution in [0.25, 0.3) is 0 Å². The van der Waals surface area contributed by atoms with Crippen LogP contribution in [0.2, 0.25) is 5.02 Å². The first-order valence-corrected chi connectivity index (χ1v) is 9.91. The van der Waals surface area contributed by atoms with Gasteiger partial charge >= 0.3 is 12.2 Å². The minimum Gasteiger partial charge on any atom is -0.459 e. The van der Waals surface area contributed by atoms with Crippen LogP contribution in [-0.4, -0.2) is 41.9 Å². The zero-order valence-corrected chi connectivity index (χ0v) is 15.7. The third-order valence-electron chi connectivity index (χ3n) is 4.07. The van der Waals surface area contributed by atoms with Crippen LogP contribution in [-0.2, 0) is 16.2 Å². The molecular weight excluding hydrogens is 426 g/mol. The van der Waals surface area contributed by atoms with Crippen molar-refractivity contribution < 1.29 is 30.7 Å². The van der Waals surface area contributed by atoms with Gasteiger partial charge in [-0.1, -0.05) is 11.6 Å². The summed E-state index contributed by atoms with van der Waals surface area (Å²) in [6, 6.07) is 3.28. The van der Waals surface area contributed by atoms with Gasteiger partial charge in [0.05, 0.1) is 16.5 Å². The lowest BCUT2D eigenvalue weighted by atomic mass is 10.1. The summed E-state index contributed by atoms with van der Waals surface area (Å²) in [6.07, 6.45) is -3.63. The first-order valence-electron chi connectivity index (χ1n) is 8.09. The summed E-state index contributed by atoms with van der Waals surface area (Å²) in [7, 11) is -3.98. The van der Waals surface area contributed by atoms with Crippen molar-refractivity contribution in [3.05, 3.63) is 47.0 Å². The number of ether oxygens (including phenoxy) is 1. The zero-order chi connectivity index (χ0) is 20.5. The van der Waals surface area contributed by atoms with E-state index < -0.39 is 39.8 Å². The molecule has 1 aromatic heterocycles. The van der Waals surface area contributed by atoms with Gasteiger partial charge in [0.15, 0.2) is 5.69 Å². The molecule has 1 fully saturated rings. The molecule has 0 spiro atoms. The number of sulfonamides is 1. The SMILES string of the molecule is O=S(=O)(c1ccc(F)c(Cl)c1)N1CCCC(Oc2nccc(C(F)(F)F)n2)C1. The highest BCUT2D eigenvalue weighted by Crippen LogP contribution is 2.29. The van der Waals surface area contributed by atoms with E-state index in [4.69, 9.17) is 16.3 Å². The van der Waals surface area contributed by atoms with Gasteiger partial charge in [-0.2, -0.15) is 22.5 Å². The first-order chi connectivity index (χ1) is 13.1. The van der Waals surface area contributed by atoms with Crippen molar-refractivity contribution in [3.63, 3.8) is 0 Å². The number of benzene rings is 1. The van der Waals surface area contributed by atoms with E-state index in [0.717, 1.165) is 28.7 Å². The number of piperidine rings is 1. The van der Waals surface area contributed by atoms with Crippen LogP contribution in [0.15, 0.2) is 35.4 Å². The Kier molecular flexibility index (Phi) is 5.78. The number of rotatable bonds is 4. The number of halogens is 5. The second kappa shape index (κ2) is 7.80. The predicted octanol–water partition coefficient (Wildman–Crippen LogP) is 3.52. The van der Waals surface area contributed by atoms with Gasteiger partial charge in [0.2, 0.25) is 10.0 Å². The van der Waals surface area contributed by atoms with Gasteiger partial charge in [0.1, 0.15) is 11.9 Å². The van der Waals surface area contributed by atoms with Gasteiger partial charge in [0, 0.05) is 12.7 Å². The van der Waals surface area contributed by atoms with Crippen molar-refractivity contribution in [2.24, 2.45) is 0 Å². The largest absolute Gasteiger partial charge is 0.459 e. The predicted molar refractivity (Wildman–Crippen MR) is 90.9 cm³/mol. The van der Waals surface area contributed by atoms with Gasteiger partial charge < -0.3 is 4.74 Å². The summed E-state index contributed by atoms with van der Waals surface area (Å²) in [5.41, 5.74) is -1.15. The van der Waals surface area contributed by atoms with Crippen LogP contribution in [0.4, 0.5) is 17.6 Å². The summed E-state index contributed by atoms with van der Waals surface area (Å²) >= 11 is 5.66. The van der Waals surface area contributed by atoms with E-state index in [2.05, 4.69) is 9.97 Å². The van der Waals surface area contributed by atoms with E-state index in [1.165, 1.54) is 0 Å². The number of aromatic nitrogens is 2. The molecule has 1 unspecified atom stereocenters. The minimum atomic E-state index is -4.65. The van der Waals surface area contributed by atoms with Crippen LogP contribution < -0.4 is 4.74 Å². The number of hydrogen-bond donors (Lipinski definition) is 0. The summed E-state index contributed by atoms with van der Waals surface area (Å²) in [4.78, 5) is 6.79. The van der Waals surface area contributed by atoms with E-state index in [-0.39, 0.29) is 23.0 Å². The van der Waals surface area contributed by atoms with E-state index in [9.17, 15) is 26.0 Å². The van der Waals surface area contributed by atoms with Crippen molar-refractivity contribution in [1.29, 1.82) is 0 Å². The molecule has 0 N–H and O–H groups in total. The van der Waals surface area contributed by atoms with E-state index in [0.29, 0.717) is 18.9 Å². The Morgan fingerprint density at radius 2 is 2.00 bits per heavy atom. The highest BCUT2D eigenvalue weighted by atomic mass is 35.5. The average molecular weight is 440 g/mol. The standard InChI is InChI=1S/C16H14ClF4N3O3S/c17-12-8-11(3-4-13(12)18)28(25,26)24-7-1-2-10(9-24)27-15-22-6-5-14(23-15)16(19,20)21/h3-6,8,10H,1-2,7,9H2. The van der Waals surface area contributed by atoms with Crippen LogP contribution in [0, 0.1) is 5.82 Å². The molecule has 0 bridgehead atoms. The van der Waals surface area contributed by atoms with Crippen LogP contribution in [0.3, 0.4) is 0 Å². The number of alkyl halides is 3. The van der Waals surface area contributed by atoms with E-state index in [1.54, 1.807) is 0 Å². The smallest absolute Gasteiger partial charge is 0.433 e. The molecule has 3 rings (SSSR count). The Morgan fingerprint density at radius 3 is 2.68 bits per heavy atom. The summed E-state index contributed by atoms with van der Waals surface area (Å²) in [5.74, 6) is -0.748. The molecule has 0 saturated carbocycles. The molecule has 1 atom stereocenters. The maximum absolute atomic E-state index is 13.3. The van der Waals surface area contributed by atoms with E-state index >= 15 is 0 Å².